The van der Waals surface area contributed by atoms with Gasteiger partial charge in [-0.05, 0) is 42.7 Å². The molecule has 5 rings (SSSR count). The maximum Gasteiger partial charge on any atom is 0.262 e. The van der Waals surface area contributed by atoms with Crippen molar-refractivity contribution in [1.82, 2.24) is 14.5 Å². The number of nitrogens with zero attached hydrogens (tertiary/aromatic N) is 3. The SMILES string of the molecule is Nc1ncnc2c1c(-c1ccc(NS(=O)(=O)c3ccccc3)c(O)c1)cn2C1CCCC1. The fraction of sp³-hybridized carbons (Fsp3) is 0.217. The van der Waals surface area contributed by atoms with E-state index in [-0.39, 0.29) is 16.3 Å². The molecular weight excluding hydrogens is 426 g/mol. The van der Waals surface area contributed by atoms with Crippen molar-refractivity contribution >= 4 is 32.6 Å². The van der Waals surface area contributed by atoms with E-state index in [1.165, 1.54) is 37.4 Å². The lowest BCUT2D eigenvalue weighted by molar-refractivity contribution is 0.478. The van der Waals surface area contributed by atoms with Crippen LogP contribution in [-0.4, -0.2) is 28.1 Å². The minimum absolute atomic E-state index is 0.0985. The van der Waals surface area contributed by atoms with Gasteiger partial charge in [0.05, 0.1) is 16.0 Å². The van der Waals surface area contributed by atoms with Crippen LogP contribution in [0.3, 0.4) is 0 Å². The van der Waals surface area contributed by atoms with Crippen LogP contribution in [0, 0.1) is 0 Å². The number of phenolic OH excluding ortho intramolecular Hbond substituents is 1. The zero-order valence-electron chi connectivity index (χ0n) is 17.3. The number of fused-ring (bicyclic) bond motifs is 1. The van der Waals surface area contributed by atoms with Gasteiger partial charge in [-0.1, -0.05) is 37.1 Å². The average molecular weight is 450 g/mol. The van der Waals surface area contributed by atoms with Gasteiger partial charge < -0.3 is 15.4 Å². The lowest BCUT2D eigenvalue weighted by Gasteiger charge is -2.12. The van der Waals surface area contributed by atoms with Crippen molar-refractivity contribution in [2.45, 2.75) is 36.6 Å². The molecule has 0 amide bonds. The summed E-state index contributed by atoms with van der Waals surface area (Å²) in [6.07, 6.45) is 7.99. The number of nitrogens with two attached hydrogens (primary N) is 1. The standard InChI is InChI=1S/C23H23N5O3S/c24-22-21-18(13-28(16-6-4-5-7-16)23(21)26-14-25-22)15-10-11-19(20(29)12-15)27-32(30,31)17-8-2-1-3-9-17/h1-3,8-14,16,27,29H,4-7H2,(H2,24,25,26). The van der Waals surface area contributed by atoms with Gasteiger partial charge in [0.2, 0.25) is 0 Å². The quantitative estimate of drug-likeness (QED) is 0.390. The Bertz CT molecular complexity index is 1390. The van der Waals surface area contributed by atoms with Gasteiger partial charge in [0.15, 0.2) is 0 Å². The van der Waals surface area contributed by atoms with E-state index in [0.717, 1.165) is 29.4 Å². The Hall–Kier alpha value is -3.59. The van der Waals surface area contributed by atoms with Crippen LogP contribution in [-0.2, 0) is 10.0 Å². The van der Waals surface area contributed by atoms with Crippen molar-refractivity contribution in [1.29, 1.82) is 0 Å². The third kappa shape index (κ3) is 3.54. The molecule has 0 spiro atoms. The zero-order valence-corrected chi connectivity index (χ0v) is 18.1. The van der Waals surface area contributed by atoms with E-state index in [9.17, 15) is 13.5 Å². The second kappa shape index (κ2) is 7.83. The lowest BCUT2D eigenvalue weighted by Crippen LogP contribution is -2.12. The maximum absolute atomic E-state index is 12.6. The first-order chi connectivity index (χ1) is 15.4. The van der Waals surface area contributed by atoms with Crippen LogP contribution in [0.2, 0.25) is 0 Å². The van der Waals surface area contributed by atoms with Gasteiger partial charge in [-0.25, -0.2) is 18.4 Å². The number of anilines is 2. The van der Waals surface area contributed by atoms with Crippen molar-refractivity contribution in [2.75, 3.05) is 10.5 Å². The Labute approximate surface area is 185 Å². The highest BCUT2D eigenvalue weighted by Crippen LogP contribution is 2.40. The normalized spacial score (nSPS) is 14.8. The summed E-state index contributed by atoms with van der Waals surface area (Å²) in [5.41, 5.74) is 8.58. The summed E-state index contributed by atoms with van der Waals surface area (Å²) in [6.45, 7) is 0. The molecule has 0 radical (unpaired) electrons. The number of aromatic nitrogens is 3. The summed E-state index contributed by atoms with van der Waals surface area (Å²) in [5, 5.41) is 11.4. The van der Waals surface area contributed by atoms with Crippen molar-refractivity contribution in [3.8, 4) is 16.9 Å². The van der Waals surface area contributed by atoms with Crippen LogP contribution in [0.4, 0.5) is 11.5 Å². The Kier molecular flexibility index (Phi) is 4.97. The van der Waals surface area contributed by atoms with E-state index in [4.69, 9.17) is 5.73 Å². The first-order valence-corrected chi connectivity index (χ1v) is 11.9. The molecule has 1 aliphatic carbocycles. The highest BCUT2D eigenvalue weighted by molar-refractivity contribution is 7.92. The molecule has 32 heavy (non-hydrogen) atoms. The molecule has 0 bridgehead atoms. The predicted octanol–water partition coefficient (Wildman–Crippen LogP) is 4.30. The topological polar surface area (TPSA) is 123 Å². The van der Waals surface area contributed by atoms with Crippen molar-refractivity contribution in [3.63, 3.8) is 0 Å². The largest absolute Gasteiger partial charge is 0.506 e. The smallest absolute Gasteiger partial charge is 0.262 e. The number of hydrogen-bond acceptors (Lipinski definition) is 6. The number of sulfonamides is 1. The van der Waals surface area contributed by atoms with Crippen molar-refractivity contribution in [3.05, 3.63) is 61.1 Å². The minimum Gasteiger partial charge on any atom is -0.506 e. The van der Waals surface area contributed by atoms with Crippen LogP contribution in [0.25, 0.3) is 22.2 Å². The van der Waals surface area contributed by atoms with Gasteiger partial charge in [-0.15, -0.1) is 0 Å². The molecule has 4 aromatic rings. The average Bonchev–Trinajstić information content (AvgIpc) is 3.44. The molecule has 1 aliphatic rings. The number of hydrogen-bond donors (Lipinski definition) is 3. The molecule has 8 nitrogen and oxygen atoms in total. The van der Waals surface area contributed by atoms with E-state index in [0.29, 0.717) is 17.4 Å². The van der Waals surface area contributed by atoms with Gasteiger partial charge in [0.25, 0.3) is 10.0 Å². The van der Waals surface area contributed by atoms with Crippen LogP contribution < -0.4 is 10.5 Å². The van der Waals surface area contributed by atoms with Gasteiger partial charge in [-0.2, -0.15) is 0 Å². The number of benzene rings is 2. The van der Waals surface area contributed by atoms with E-state index in [1.807, 2.05) is 6.20 Å². The fourth-order valence-corrected chi connectivity index (χ4v) is 5.47. The monoisotopic (exact) mass is 449 g/mol. The summed E-state index contributed by atoms with van der Waals surface area (Å²) in [7, 11) is -3.82. The Balaban J connectivity index is 1.55. The first kappa shape index (κ1) is 20.3. The van der Waals surface area contributed by atoms with Gasteiger partial charge >= 0.3 is 0 Å². The number of nitrogens with one attached hydrogen (secondary N) is 1. The van der Waals surface area contributed by atoms with Crippen LogP contribution in [0.15, 0.2) is 66.0 Å². The number of nitrogen functional groups attached to an aromatic ring is 1. The number of aromatic hydroxyl groups is 1. The van der Waals surface area contributed by atoms with Gasteiger partial charge in [0, 0.05) is 17.8 Å². The van der Waals surface area contributed by atoms with E-state index < -0.39 is 10.0 Å². The Morgan fingerprint density at radius 1 is 1.06 bits per heavy atom. The third-order valence-electron chi connectivity index (χ3n) is 5.96. The molecule has 2 aromatic heterocycles. The van der Waals surface area contributed by atoms with Gasteiger partial charge in [-0.3, -0.25) is 4.72 Å². The first-order valence-electron chi connectivity index (χ1n) is 10.5. The predicted molar refractivity (Wildman–Crippen MR) is 124 cm³/mol. The summed E-state index contributed by atoms with van der Waals surface area (Å²) in [5.74, 6) is 0.189. The molecule has 0 saturated heterocycles. The minimum atomic E-state index is -3.82. The maximum atomic E-state index is 12.6. The highest BCUT2D eigenvalue weighted by Gasteiger charge is 2.23. The Morgan fingerprint density at radius 2 is 1.81 bits per heavy atom. The molecule has 0 atom stereocenters. The van der Waals surface area contributed by atoms with Crippen molar-refractivity contribution in [2.24, 2.45) is 0 Å². The molecule has 9 heteroatoms. The fourth-order valence-electron chi connectivity index (χ4n) is 4.38. The highest BCUT2D eigenvalue weighted by atomic mass is 32.2. The molecule has 1 fully saturated rings. The molecule has 0 aliphatic heterocycles. The summed E-state index contributed by atoms with van der Waals surface area (Å²) in [6, 6.07) is 13.2. The van der Waals surface area contributed by atoms with Crippen LogP contribution >= 0.6 is 0 Å². The number of phenols is 1. The van der Waals surface area contributed by atoms with Crippen molar-refractivity contribution < 1.29 is 13.5 Å². The summed E-state index contributed by atoms with van der Waals surface area (Å²) in [4.78, 5) is 8.75. The summed E-state index contributed by atoms with van der Waals surface area (Å²) >= 11 is 0. The molecule has 0 unspecified atom stereocenters. The van der Waals surface area contributed by atoms with Crippen LogP contribution in [0.1, 0.15) is 31.7 Å². The Morgan fingerprint density at radius 3 is 2.53 bits per heavy atom. The zero-order chi connectivity index (χ0) is 22.3. The molecule has 1 saturated carbocycles. The second-order valence-electron chi connectivity index (χ2n) is 8.00. The van der Waals surface area contributed by atoms with E-state index in [1.54, 1.807) is 30.3 Å². The number of rotatable bonds is 5. The molecule has 2 heterocycles. The molecule has 4 N–H and O–H groups in total. The third-order valence-corrected chi connectivity index (χ3v) is 7.34. The molecule has 2 aromatic carbocycles. The lowest BCUT2D eigenvalue weighted by atomic mass is 10.1. The van der Waals surface area contributed by atoms with E-state index >= 15 is 0 Å². The van der Waals surface area contributed by atoms with E-state index in [2.05, 4.69) is 19.3 Å². The van der Waals surface area contributed by atoms with Gasteiger partial charge in [0.1, 0.15) is 23.5 Å². The second-order valence-corrected chi connectivity index (χ2v) is 9.68. The molecular formula is C23H23N5O3S. The summed E-state index contributed by atoms with van der Waals surface area (Å²) < 4.78 is 29.8. The van der Waals surface area contributed by atoms with Crippen LogP contribution in [0.5, 0.6) is 5.75 Å². The molecule has 164 valence electrons.